The summed E-state index contributed by atoms with van der Waals surface area (Å²) in [6, 6.07) is 0. The lowest BCUT2D eigenvalue weighted by Crippen LogP contribution is -2.30. The number of aryl methyl sites for hydroxylation is 1. The Hall–Kier alpha value is -1.55. The molecule has 1 aliphatic heterocycles. The van der Waals surface area contributed by atoms with Crippen LogP contribution in [0, 0.1) is 0 Å². The summed E-state index contributed by atoms with van der Waals surface area (Å²) in [6.07, 6.45) is 23.9. The van der Waals surface area contributed by atoms with Crippen LogP contribution in [0.5, 0.6) is 0 Å². The summed E-state index contributed by atoms with van der Waals surface area (Å²) in [5.74, 6) is 0. The van der Waals surface area contributed by atoms with Gasteiger partial charge in [0.2, 0.25) is 6.33 Å². The maximum Gasteiger partial charge on any atom is 0.248 e. The maximum absolute atomic E-state index is 3.85. The highest BCUT2D eigenvalue weighted by molar-refractivity contribution is 5.12. The zero-order valence-electron chi connectivity index (χ0n) is 16.7. The molecule has 0 saturated carbocycles. The van der Waals surface area contributed by atoms with Gasteiger partial charge < -0.3 is 4.90 Å². The number of aromatic nitrogens is 2. The molecule has 1 aliphatic rings. The lowest BCUT2D eigenvalue weighted by atomic mass is 10.1. The van der Waals surface area contributed by atoms with Crippen LogP contribution in [0.3, 0.4) is 0 Å². The first kappa shape index (κ1) is 20.8. The van der Waals surface area contributed by atoms with Crippen molar-refractivity contribution in [2.24, 2.45) is 0 Å². The Kier molecular flexibility index (Phi) is 10.2. The predicted molar refractivity (Wildman–Crippen MR) is 111 cm³/mol. The highest BCUT2D eigenvalue weighted by atomic mass is 15.4. The second-order valence-corrected chi connectivity index (χ2v) is 7.57. The van der Waals surface area contributed by atoms with Crippen molar-refractivity contribution in [2.75, 3.05) is 26.3 Å². The Morgan fingerprint density at radius 2 is 1.46 bits per heavy atom. The van der Waals surface area contributed by atoms with Crippen molar-refractivity contribution in [1.29, 1.82) is 0 Å². The van der Waals surface area contributed by atoms with E-state index in [0.717, 1.165) is 19.8 Å². The van der Waals surface area contributed by atoms with E-state index in [9.17, 15) is 0 Å². The minimum atomic E-state index is 1.09. The molecule has 0 aliphatic carbocycles. The number of hydrogen-bond acceptors (Lipinski definition) is 2. The SMILES string of the molecule is C=CN1CCN(CCCCCCCCCCCC[n+]2ccn(C=C)c2)C1. The Morgan fingerprint density at radius 3 is 2.04 bits per heavy atom. The fraction of sp³-hybridized carbons (Fsp3) is 0.682. The quantitative estimate of drug-likeness (QED) is 0.338. The molecular formula is C22H39N4+. The van der Waals surface area contributed by atoms with Gasteiger partial charge in [-0.15, -0.1) is 0 Å². The van der Waals surface area contributed by atoms with E-state index < -0.39 is 0 Å². The summed E-state index contributed by atoms with van der Waals surface area (Å²) in [4.78, 5) is 4.85. The van der Waals surface area contributed by atoms with Crippen molar-refractivity contribution < 1.29 is 4.57 Å². The average molecular weight is 360 g/mol. The normalized spacial score (nSPS) is 14.8. The topological polar surface area (TPSA) is 15.3 Å². The smallest absolute Gasteiger partial charge is 0.248 e. The van der Waals surface area contributed by atoms with Crippen molar-refractivity contribution in [3.63, 3.8) is 0 Å². The Morgan fingerprint density at radius 1 is 0.808 bits per heavy atom. The van der Waals surface area contributed by atoms with Gasteiger partial charge in [0, 0.05) is 13.1 Å². The van der Waals surface area contributed by atoms with E-state index >= 15 is 0 Å². The standard InChI is InChI=1S/C22H39N4/c1-3-23-17-19-25(21-23)15-13-11-9-7-5-6-8-10-12-14-16-26-20-18-24(4-2)22-26/h3-4,17,19,21H,1-2,5-16,18,20,22H2/q+1. The van der Waals surface area contributed by atoms with E-state index in [0.29, 0.717) is 0 Å². The molecule has 0 aromatic carbocycles. The van der Waals surface area contributed by atoms with Gasteiger partial charge in [-0.05, 0) is 32.0 Å². The van der Waals surface area contributed by atoms with Crippen molar-refractivity contribution in [3.05, 3.63) is 38.1 Å². The number of rotatable bonds is 15. The Labute approximate surface area is 160 Å². The average Bonchev–Trinajstić information content (AvgIpc) is 3.31. The van der Waals surface area contributed by atoms with Crippen molar-refractivity contribution in [2.45, 2.75) is 70.8 Å². The van der Waals surface area contributed by atoms with Crippen LogP contribution < -0.4 is 4.57 Å². The van der Waals surface area contributed by atoms with Crippen molar-refractivity contribution in [3.8, 4) is 0 Å². The lowest BCUT2D eigenvalue weighted by Gasteiger charge is -2.15. The second-order valence-electron chi connectivity index (χ2n) is 7.57. The van der Waals surface area contributed by atoms with Gasteiger partial charge in [0.25, 0.3) is 0 Å². The summed E-state index contributed by atoms with van der Waals surface area (Å²) < 4.78 is 4.25. The van der Waals surface area contributed by atoms with E-state index in [2.05, 4.69) is 40.0 Å². The molecule has 26 heavy (non-hydrogen) atoms. The number of imidazole rings is 1. The maximum atomic E-state index is 3.85. The van der Waals surface area contributed by atoms with Crippen molar-refractivity contribution >= 4 is 6.20 Å². The molecule has 146 valence electrons. The number of hydrogen-bond donors (Lipinski definition) is 0. The first-order valence-corrected chi connectivity index (χ1v) is 10.6. The summed E-state index contributed by atoms with van der Waals surface area (Å²) in [7, 11) is 0. The second kappa shape index (κ2) is 12.7. The third-order valence-corrected chi connectivity index (χ3v) is 5.41. The van der Waals surface area contributed by atoms with Crippen LogP contribution in [-0.4, -0.2) is 40.7 Å². The Bertz CT molecular complexity index is 508. The van der Waals surface area contributed by atoms with Crippen LogP contribution in [0.15, 0.2) is 38.1 Å². The van der Waals surface area contributed by atoms with Crippen LogP contribution in [0.2, 0.25) is 0 Å². The molecule has 4 heteroatoms. The molecule has 4 nitrogen and oxygen atoms in total. The minimum absolute atomic E-state index is 1.09. The monoisotopic (exact) mass is 359 g/mol. The van der Waals surface area contributed by atoms with E-state index in [1.54, 1.807) is 0 Å². The molecule has 1 fully saturated rings. The third-order valence-electron chi connectivity index (χ3n) is 5.41. The van der Waals surface area contributed by atoms with Gasteiger partial charge in [-0.1, -0.05) is 58.1 Å². The third kappa shape index (κ3) is 8.22. The van der Waals surface area contributed by atoms with Crippen LogP contribution in [-0.2, 0) is 6.54 Å². The van der Waals surface area contributed by atoms with Crippen LogP contribution >= 0.6 is 0 Å². The molecular weight excluding hydrogens is 320 g/mol. The van der Waals surface area contributed by atoms with Gasteiger partial charge in [-0.2, -0.15) is 0 Å². The fourth-order valence-corrected chi connectivity index (χ4v) is 3.69. The molecule has 0 radical (unpaired) electrons. The molecule has 2 rings (SSSR count). The number of unbranched alkanes of at least 4 members (excludes halogenated alkanes) is 9. The molecule has 0 spiro atoms. The van der Waals surface area contributed by atoms with E-state index in [1.807, 2.05) is 23.2 Å². The zero-order chi connectivity index (χ0) is 18.5. The fourth-order valence-electron chi connectivity index (χ4n) is 3.69. The van der Waals surface area contributed by atoms with Crippen LogP contribution in [0.4, 0.5) is 0 Å². The molecule has 0 bridgehead atoms. The zero-order valence-corrected chi connectivity index (χ0v) is 16.7. The largest absolute Gasteiger partial charge is 0.364 e. The van der Waals surface area contributed by atoms with Crippen LogP contribution in [0.25, 0.3) is 6.20 Å². The molecule has 0 amide bonds. The first-order valence-electron chi connectivity index (χ1n) is 10.6. The lowest BCUT2D eigenvalue weighted by molar-refractivity contribution is -0.696. The molecule has 1 saturated heterocycles. The van der Waals surface area contributed by atoms with E-state index in [1.165, 1.54) is 77.3 Å². The first-order chi connectivity index (χ1) is 12.8. The molecule has 2 heterocycles. The molecule has 1 aromatic heterocycles. The van der Waals surface area contributed by atoms with E-state index in [4.69, 9.17) is 0 Å². The van der Waals surface area contributed by atoms with Gasteiger partial charge >= 0.3 is 0 Å². The summed E-state index contributed by atoms with van der Waals surface area (Å²) in [5, 5.41) is 0. The summed E-state index contributed by atoms with van der Waals surface area (Å²) in [5.41, 5.74) is 0. The highest BCUT2D eigenvalue weighted by Crippen LogP contribution is 2.12. The van der Waals surface area contributed by atoms with Gasteiger partial charge in [0.1, 0.15) is 12.4 Å². The van der Waals surface area contributed by atoms with Gasteiger partial charge in [0.05, 0.1) is 19.4 Å². The summed E-state index contributed by atoms with van der Waals surface area (Å²) in [6.45, 7) is 13.5. The van der Waals surface area contributed by atoms with E-state index in [-0.39, 0.29) is 0 Å². The molecule has 0 atom stereocenters. The number of nitrogens with zero attached hydrogens (tertiary/aromatic N) is 4. The van der Waals surface area contributed by atoms with Gasteiger partial charge in [0.15, 0.2) is 0 Å². The molecule has 0 unspecified atom stereocenters. The van der Waals surface area contributed by atoms with Gasteiger partial charge in [-0.25, -0.2) is 9.13 Å². The predicted octanol–water partition coefficient (Wildman–Crippen LogP) is 4.50. The van der Waals surface area contributed by atoms with Gasteiger partial charge in [-0.3, -0.25) is 4.90 Å². The summed E-state index contributed by atoms with van der Waals surface area (Å²) >= 11 is 0. The molecule has 0 N–H and O–H groups in total. The Balaban J connectivity index is 1.31. The van der Waals surface area contributed by atoms with Crippen molar-refractivity contribution in [1.82, 2.24) is 14.4 Å². The van der Waals surface area contributed by atoms with Crippen LogP contribution in [0.1, 0.15) is 64.2 Å². The highest BCUT2D eigenvalue weighted by Gasteiger charge is 2.15. The molecule has 1 aromatic rings. The minimum Gasteiger partial charge on any atom is -0.364 e.